The lowest BCUT2D eigenvalue weighted by atomic mass is 10.1. The zero-order valence-corrected chi connectivity index (χ0v) is 12.4. The second kappa shape index (κ2) is 6.92. The van der Waals surface area contributed by atoms with Gasteiger partial charge in [-0.15, -0.1) is 11.3 Å². The van der Waals surface area contributed by atoms with Crippen LogP contribution in [-0.2, 0) is 0 Å². The van der Waals surface area contributed by atoms with Gasteiger partial charge in [0.1, 0.15) is 0 Å². The van der Waals surface area contributed by atoms with E-state index in [2.05, 4.69) is 48.4 Å². The average Bonchev–Trinajstić information content (AvgIpc) is 2.90. The van der Waals surface area contributed by atoms with Crippen LogP contribution in [0.1, 0.15) is 31.9 Å². The number of nitrogens with zero attached hydrogens (tertiary/aromatic N) is 1. The summed E-state index contributed by atoms with van der Waals surface area (Å²) in [6.45, 7) is 5.37. The highest BCUT2D eigenvalue weighted by atomic mass is 32.2. The molecule has 4 heteroatoms. The van der Waals surface area contributed by atoms with E-state index in [1.165, 1.54) is 10.5 Å². The molecule has 1 N–H and O–H groups in total. The summed E-state index contributed by atoms with van der Waals surface area (Å²) in [6.07, 6.45) is 2.96. The minimum absolute atomic E-state index is 0.467. The van der Waals surface area contributed by atoms with E-state index in [9.17, 15) is 0 Å². The predicted octanol–water partition coefficient (Wildman–Crippen LogP) is 4.35. The Hall–Kier alpha value is -0.840. The van der Waals surface area contributed by atoms with E-state index < -0.39 is 0 Å². The normalized spacial score (nSPS) is 12.6. The summed E-state index contributed by atoms with van der Waals surface area (Å²) in [5.41, 5.74) is 1.36. The van der Waals surface area contributed by atoms with Crippen molar-refractivity contribution in [1.82, 2.24) is 10.3 Å². The first kappa shape index (κ1) is 13.6. The van der Waals surface area contributed by atoms with Crippen LogP contribution in [0.5, 0.6) is 0 Å². The van der Waals surface area contributed by atoms with Gasteiger partial charge in [-0.3, -0.25) is 0 Å². The van der Waals surface area contributed by atoms with Crippen molar-refractivity contribution < 1.29 is 0 Å². The molecule has 0 saturated heterocycles. The van der Waals surface area contributed by atoms with Gasteiger partial charge in [0.15, 0.2) is 4.34 Å². The summed E-state index contributed by atoms with van der Waals surface area (Å²) < 4.78 is 1.10. The van der Waals surface area contributed by atoms with Gasteiger partial charge in [0, 0.05) is 22.5 Å². The van der Waals surface area contributed by atoms with Crippen molar-refractivity contribution >= 4 is 23.1 Å². The molecule has 0 aliphatic carbocycles. The van der Waals surface area contributed by atoms with Crippen molar-refractivity contribution in [2.45, 2.75) is 35.5 Å². The molecule has 18 heavy (non-hydrogen) atoms. The fourth-order valence-corrected chi connectivity index (χ4v) is 3.47. The molecule has 1 heterocycles. The molecule has 2 nitrogen and oxygen atoms in total. The van der Waals surface area contributed by atoms with Gasteiger partial charge in [-0.1, -0.05) is 37.7 Å². The van der Waals surface area contributed by atoms with Gasteiger partial charge in [0.05, 0.1) is 0 Å². The van der Waals surface area contributed by atoms with E-state index >= 15 is 0 Å². The maximum Gasteiger partial charge on any atom is 0.154 e. The van der Waals surface area contributed by atoms with Crippen molar-refractivity contribution in [2.24, 2.45) is 0 Å². The van der Waals surface area contributed by atoms with Crippen molar-refractivity contribution in [3.8, 4) is 0 Å². The van der Waals surface area contributed by atoms with Crippen LogP contribution in [-0.4, -0.2) is 11.5 Å². The first-order chi connectivity index (χ1) is 8.83. The average molecular weight is 278 g/mol. The molecule has 0 radical (unpaired) electrons. The minimum atomic E-state index is 0.467. The Bertz CT molecular complexity index is 451. The van der Waals surface area contributed by atoms with E-state index in [1.807, 2.05) is 11.6 Å². The Labute approximate surface area is 117 Å². The molecule has 2 aromatic rings. The molecule has 96 valence electrons. The number of hydrogen-bond donors (Lipinski definition) is 1. The third-order valence-corrected chi connectivity index (χ3v) is 4.65. The molecule has 0 aliphatic rings. The largest absolute Gasteiger partial charge is 0.310 e. The molecule has 1 unspecified atom stereocenters. The fourth-order valence-electron chi connectivity index (χ4n) is 1.87. The second-order valence-electron chi connectivity index (χ2n) is 3.99. The van der Waals surface area contributed by atoms with Crippen LogP contribution in [0.15, 0.2) is 45.1 Å². The molecule has 0 spiro atoms. The number of benzene rings is 1. The van der Waals surface area contributed by atoms with Crippen LogP contribution < -0.4 is 5.32 Å². The zero-order valence-electron chi connectivity index (χ0n) is 10.7. The smallest absolute Gasteiger partial charge is 0.154 e. The first-order valence-corrected chi connectivity index (χ1v) is 7.93. The Morgan fingerprint density at radius 1 is 1.28 bits per heavy atom. The Kier molecular flexibility index (Phi) is 5.23. The molecular formula is C14H18N2S2. The van der Waals surface area contributed by atoms with E-state index in [1.54, 1.807) is 23.1 Å². The number of hydrogen-bond acceptors (Lipinski definition) is 4. The van der Waals surface area contributed by atoms with Crippen molar-refractivity contribution in [3.63, 3.8) is 0 Å². The van der Waals surface area contributed by atoms with E-state index in [4.69, 9.17) is 0 Å². The van der Waals surface area contributed by atoms with Gasteiger partial charge in [0.25, 0.3) is 0 Å². The SMILES string of the molecule is CCNC(CC)c1ccc(Sc2nccs2)cc1. The lowest BCUT2D eigenvalue weighted by Crippen LogP contribution is -2.19. The zero-order chi connectivity index (χ0) is 12.8. The third kappa shape index (κ3) is 3.57. The van der Waals surface area contributed by atoms with E-state index in [0.29, 0.717) is 6.04 Å². The second-order valence-corrected chi connectivity index (χ2v) is 6.20. The van der Waals surface area contributed by atoms with Crippen molar-refractivity contribution in [3.05, 3.63) is 41.4 Å². The van der Waals surface area contributed by atoms with Crippen LogP contribution in [0.4, 0.5) is 0 Å². The molecule has 0 amide bonds. The quantitative estimate of drug-likeness (QED) is 0.850. The summed E-state index contributed by atoms with van der Waals surface area (Å²) in [5.74, 6) is 0. The summed E-state index contributed by atoms with van der Waals surface area (Å²) in [5, 5.41) is 5.51. The highest BCUT2D eigenvalue weighted by Crippen LogP contribution is 2.30. The topological polar surface area (TPSA) is 24.9 Å². The number of rotatable bonds is 6. The van der Waals surface area contributed by atoms with Gasteiger partial charge in [-0.05, 0) is 30.7 Å². The van der Waals surface area contributed by atoms with Crippen LogP contribution in [0, 0.1) is 0 Å². The summed E-state index contributed by atoms with van der Waals surface area (Å²) >= 11 is 3.40. The molecule has 1 aromatic carbocycles. The third-order valence-electron chi connectivity index (χ3n) is 2.76. The van der Waals surface area contributed by atoms with Crippen molar-refractivity contribution in [1.29, 1.82) is 0 Å². The summed E-state index contributed by atoms with van der Waals surface area (Å²) in [7, 11) is 0. The van der Waals surface area contributed by atoms with Crippen LogP contribution in [0.2, 0.25) is 0 Å². The van der Waals surface area contributed by atoms with Gasteiger partial charge >= 0.3 is 0 Å². The fraction of sp³-hybridized carbons (Fsp3) is 0.357. The highest BCUT2D eigenvalue weighted by Gasteiger charge is 2.07. The molecule has 0 saturated carbocycles. The van der Waals surface area contributed by atoms with Crippen LogP contribution in [0.25, 0.3) is 0 Å². The Morgan fingerprint density at radius 3 is 2.61 bits per heavy atom. The molecule has 0 fully saturated rings. The maximum absolute atomic E-state index is 4.28. The van der Waals surface area contributed by atoms with Gasteiger partial charge in [-0.2, -0.15) is 0 Å². The molecule has 1 aromatic heterocycles. The number of thiazole rings is 1. The predicted molar refractivity (Wildman–Crippen MR) is 79.4 cm³/mol. The standard InChI is InChI=1S/C14H18N2S2/c1-3-13(15-4-2)11-5-7-12(8-6-11)18-14-16-9-10-17-14/h5-10,13,15H,3-4H2,1-2H3. The monoisotopic (exact) mass is 278 g/mol. The lowest BCUT2D eigenvalue weighted by molar-refractivity contribution is 0.537. The highest BCUT2D eigenvalue weighted by molar-refractivity contribution is 8.01. The first-order valence-electron chi connectivity index (χ1n) is 6.24. The van der Waals surface area contributed by atoms with Crippen LogP contribution in [0.3, 0.4) is 0 Å². The molecule has 2 rings (SSSR count). The Balaban J connectivity index is 2.04. The van der Waals surface area contributed by atoms with E-state index in [-0.39, 0.29) is 0 Å². The molecule has 0 bridgehead atoms. The summed E-state index contributed by atoms with van der Waals surface area (Å²) in [4.78, 5) is 5.53. The maximum atomic E-state index is 4.28. The minimum Gasteiger partial charge on any atom is -0.310 e. The lowest BCUT2D eigenvalue weighted by Gasteiger charge is -2.16. The van der Waals surface area contributed by atoms with Crippen LogP contribution >= 0.6 is 23.1 Å². The van der Waals surface area contributed by atoms with Gasteiger partial charge in [-0.25, -0.2) is 4.98 Å². The van der Waals surface area contributed by atoms with Gasteiger partial charge in [0.2, 0.25) is 0 Å². The molecule has 1 atom stereocenters. The molecule has 0 aliphatic heterocycles. The Morgan fingerprint density at radius 2 is 2.06 bits per heavy atom. The summed E-state index contributed by atoms with van der Waals surface area (Å²) in [6, 6.07) is 9.26. The number of nitrogens with one attached hydrogen (secondary N) is 1. The van der Waals surface area contributed by atoms with Gasteiger partial charge < -0.3 is 5.32 Å². The number of aromatic nitrogens is 1. The van der Waals surface area contributed by atoms with Crippen molar-refractivity contribution in [2.75, 3.05) is 6.54 Å². The molecular weight excluding hydrogens is 260 g/mol. The van der Waals surface area contributed by atoms with E-state index in [0.717, 1.165) is 17.3 Å².